The van der Waals surface area contributed by atoms with Crippen molar-refractivity contribution in [1.82, 2.24) is 15.3 Å². The van der Waals surface area contributed by atoms with Gasteiger partial charge in [0.25, 0.3) is 0 Å². The molecular formula is C21H20F3N5O4. The van der Waals surface area contributed by atoms with Crippen LogP contribution >= 0.6 is 0 Å². The van der Waals surface area contributed by atoms with E-state index in [1.165, 1.54) is 0 Å². The fourth-order valence-electron chi connectivity index (χ4n) is 2.40. The first-order valence-electron chi connectivity index (χ1n) is 9.25. The van der Waals surface area contributed by atoms with Gasteiger partial charge >= 0.3 is 18.2 Å². The molecule has 0 bridgehead atoms. The third-order valence-corrected chi connectivity index (χ3v) is 3.94. The van der Waals surface area contributed by atoms with Gasteiger partial charge in [-0.3, -0.25) is 0 Å². The highest BCUT2D eigenvalue weighted by Crippen LogP contribution is 2.19. The van der Waals surface area contributed by atoms with Crippen molar-refractivity contribution in [3.8, 4) is 17.0 Å². The number of carboxylic acids is 1. The lowest BCUT2D eigenvalue weighted by Crippen LogP contribution is -2.28. The topological polar surface area (TPSA) is 139 Å². The van der Waals surface area contributed by atoms with Crippen LogP contribution in [0.15, 0.2) is 60.8 Å². The Morgan fingerprint density at radius 1 is 1.12 bits per heavy atom. The Balaban J connectivity index is 0.000000479. The molecule has 0 saturated heterocycles. The first-order valence-corrected chi connectivity index (χ1v) is 9.25. The van der Waals surface area contributed by atoms with E-state index in [1.807, 2.05) is 36.4 Å². The van der Waals surface area contributed by atoms with Gasteiger partial charge in [-0.05, 0) is 35.9 Å². The number of aromatic nitrogens is 2. The first kappa shape index (κ1) is 24.9. The summed E-state index contributed by atoms with van der Waals surface area (Å²) in [7, 11) is 1.61. The molecule has 33 heavy (non-hydrogen) atoms. The highest BCUT2D eigenvalue weighted by Gasteiger charge is 2.38. The number of nitrogens with zero attached hydrogens (tertiary/aromatic N) is 2. The van der Waals surface area contributed by atoms with Crippen LogP contribution in [0.4, 0.5) is 29.6 Å². The van der Waals surface area contributed by atoms with Gasteiger partial charge in [0.15, 0.2) is 0 Å². The predicted octanol–water partition coefficient (Wildman–Crippen LogP) is 3.69. The van der Waals surface area contributed by atoms with Crippen LogP contribution in [-0.2, 0) is 11.3 Å². The molecule has 0 fully saturated rings. The monoisotopic (exact) mass is 463 g/mol. The number of nitrogens with two attached hydrogens (primary N) is 1. The average molecular weight is 463 g/mol. The van der Waals surface area contributed by atoms with E-state index < -0.39 is 12.1 Å². The minimum absolute atomic E-state index is 0.224. The zero-order valence-electron chi connectivity index (χ0n) is 17.3. The van der Waals surface area contributed by atoms with Crippen LogP contribution in [0.2, 0.25) is 0 Å². The largest absolute Gasteiger partial charge is 0.497 e. The Labute approximate surface area is 186 Å². The quantitative estimate of drug-likeness (QED) is 0.452. The van der Waals surface area contributed by atoms with E-state index in [0.29, 0.717) is 12.2 Å². The van der Waals surface area contributed by atoms with Gasteiger partial charge in [-0.1, -0.05) is 24.3 Å². The highest BCUT2D eigenvalue weighted by molar-refractivity contribution is 5.89. The number of halogens is 3. The minimum Gasteiger partial charge on any atom is -0.497 e. The Kier molecular flexibility index (Phi) is 8.55. The molecule has 0 atom stereocenters. The van der Waals surface area contributed by atoms with Gasteiger partial charge in [-0.2, -0.15) is 13.2 Å². The van der Waals surface area contributed by atoms with Crippen LogP contribution in [0.3, 0.4) is 0 Å². The van der Waals surface area contributed by atoms with Crippen LogP contribution in [0, 0.1) is 0 Å². The molecule has 174 valence electrons. The average Bonchev–Trinajstić information content (AvgIpc) is 2.78. The summed E-state index contributed by atoms with van der Waals surface area (Å²) in [4.78, 5) is 29.0. The number of carbonyl (C=O) groups is 2. The lowest BCUT2D eigenvalue weighted by atomic mass is 10.1. The fourth-order valence-corrected chi connectivity index (χ4v) is 2.40. The van der Waals surface area contributed by atoms with Gasteiger partial charge < -0.3 is 26.2 Å². The molecule has 0 aliphatic carbocycles. The van der Waals surface area contributed by atoms with Gasteiger partial charge in [0.1, 0.15) is 5.75 Å². The summed E-state index contributed by atoms with van der Waals surface area (Å²) in [6.45, 7) is 0.404. The summed E-state index contributed by atoms with van der Waals surface area (Å²) in [6, 6.07) is 16.4. The second kappa shape index (κ2) is 11.3. The van der Waals surface area contributed by atoms with Crippen LogP contribution < -0.4 is 21.1 Å². The number of nitrogens with one attached hydrogen (secondary N) is 2. The Hall–Kier alpha value is -4.35. The number of urea groups is 1. The molecular weight excluding hydrogens is 443 g/mol. The summed E-state index contributed by atoms with van der Waals surface area (Å²) in [5, 5.41) is 12.7. The number of rotatable bonds is 5. The molecule has 9 nitrogen and oxygen atoms in total. The van der Waals surface area contributed by atoms with Crippen molar-refractivity contribution in [2.45, 2.75) is 12.7 Å². The maximum Gasteiger partial charge on any atom is 0.490 e. The lowest BCUT2D eigenvalue weighted by molar-refractivity contribution is -0.192. The molecule has 0 spiro atoms. The van der Waals surface area contributed by atoms with Crippen LogP contribution in [0.1, 0.15) is 5.56 Å². The van der Waals surface area contributed by atoms with E-state index in [1.54, 1.807) is 31.5 Å². The van der Waals surface area contributed by atoms with Crippen molar-refractivity contribution in [3.63, 3.8) is 0 Å². The number of carbonyl (C=O) groups excluding carboxylic acids is 1. The first-order chi connectivity index (χ1) is 15.6. The molecule has 1 heterocycles. The van der Waals surface area contributed by atoms with Gasteiger partial charge in [-0.25, -0.2) is 19.6 Å². The van der Waals surface area contributed by atoms with Gasteiger partial charge in [0.05, 0.1) is 12.8 Å². The van der Waals surface area contributed by atoms with Crippen LogP contribution in [0.25, 0.3) is 11.3 Å². The molecule has 5 N–H and O–H groups in total. The maximum absolute atomic E-state index is 12.0. The van der Waals surface area contributed by atoms with Crippen LogP contribution in [0.5, 0.6) is 5.75 Å². The predicted molar refractivity (Wildman–Crippen MR) is 114 cm³/mol. The molecule has 2 amide bonds. The number of carboxylic acid groups (broad SMARTS) is 1. The van der Waals surface area contributed by atoms with Crippen molar-refractivity contribution in [1.29, 1.82) is 0 Å². The van der Waals surface area contributed by atoms with Gasteiger partial charge in [-0.15, -0.1) is 0 Å². The molecule has 3 aromatic rings. The standard InChI is InChI=1S/C19H19N5O2.C2HF3O2/c1-26-16-4-2-3-13(11-16)12-22-19(25)23-15-7-5-14(6-8-15)17-9-10-21-18(20)24-17;3-2(4,5)1(6)7/h2-11H,12H2,1H3,(H2,20,21,24)(H2,22,23,25);(H,6,7). The number of anilines is 2. The number of alkyl halides is 3. The summed E-state index contributed by atoms with van der Waals surface area (Å²) in [6.07, 6.45) is -3.48. The fraction of sp³-hybridized carbons (Fsp3) is 0.143. The Morgan fingerprint density at radius 2 is 1.79 bits per heavy atom. The normalized spacial score (nSPS) is 10.4. The summed E-state index contributed by atoms with van der Waals surface area (Å²) >= 11 is 0. The van der Waals surface area contributed by atoms with E-state index in [2.05, 4.69) is 20.6 Å². The van der Waals surface area contributed by atoms with Gasteiger partial charge in [0, 0.05) is 24.0 Å². The summed E-state index contributed by atoms with van der Waals surface area (Å²) in [5.74, 6) is -1.78. The van der Waals surface area contributed by atoms with Crippen LogP contribution in [-0.4, -0.2) is 40.4 Å². The molecule has 12 heteroatoms. The molecule has 0 radical (unpaired) electrons. The number of benzene rings is 2. The second-order valence-electron chi connectivity index (χ2n) is 6.34. The maximum atomic E-state index is 12.0. The van der Waals surface area contributed by atoms with Crippen molar-refractivity contribution in [2.75, 3.05) is 18.2 Å². The zero-order valence-corrected chi connectivity index (χ0v) is 17.3. The number of hydrogen-bond donors (Lipinski definition) is 4. The van der Waals surface area contributed by atoms with E-state index in [-0.39, 0.29) is 12.0 Å². The Morgan fingerprint density at radius 3 is 2.36 bits per heavy atom. The van der Waals surface area contributed by atoms with E-state index in [0.717, 1.165) is 22.6 Å². The zero-order chi connectivity index (χ0) is 24.4. The number of nitrogen functional groups attached to an aromatic ring is 1. The SMILES string of the molecule is COc1cccc(CNC(=O)Nc2ccc(-c3ccnc(N)n3)cc2)c1.O=C(O)C(F)(F)F. The van der Waals surface area contributed by atoms with E-state index in [4.69, 9.17) is 20.4 Å². The summed E-state index contributed by atoms with van der Waals surface area (Å²) in [5.41, 5.74) is 8.85. The number of hydrogen-bond acceptors (Lipinski definition) is 6. The molecule has 0 saturated carbocycles. The molecule has 1 aromatic heterocycles. The molecule has 0 unspecified atom stereocenters. The van der Waals surface area contributed by atoms with E-state index in [9.17, 15) is 18.0 Å². The third kappa shape index (κ3) is 8.36. The van der Waals surface area contributed by atoms with Crippen molar-refractivity contribution >= 4 is 23.6 Å². The number of aliphatic carboxylic acids is 1. The minimum atomic E-state index is -5.08. The second-order valence-corrected chi connectivity index (χ2v) is 6.34. The highest BCUT2D eigenvalue weighted by atomic mass is 19.4. The van der Waals surface area contributed by atoms with Crippen molar-refractivity contribution in [2.24, 2.45) is 0 Å². The molecule has 3 rings (SSSR count). The molecule has 0 aliphatic rings. The third-order valence-electron chi connectivity index (χ3n) is 3.94. The van der Waals surface area contributed by atoms with Crippen molar-refractivity contribution < 1.29 is 32.6 Å². The Bertz CT molecular complexity index is 1090. The van der Waals surface area contributed by atoms with Gasteiger partial charge in [0.2, 0.25) is 5.95 Å². The van der Waals surface area contributed by atoms with E-state index >= 15 is 0 Å². The molecule has 0 aliphatic heterocycles. The number of ether oxygens (including phenoxy) is 1. The smallest absolute Gasteiger partial charge is 0.490 e. The molecule has 2 aromatic carbocycles. The lowest BCUT2D eigenvalue weighted by Gasteiger charge is -2.09. The number of amides is 2. The number of methoxy groups -OCH3 is 1. The summed E-state index contributed by atoms with van der Waals surface area (Å²) < 4.78 is 36.9. The van der Waals surface area contributed by atoms with Crippen molar-refractivity contribution in [3.05, 3.63) is 66.4 Å².